The Morgan fingerprint density at radius 1 is 1.57 bits per heavy atom. The quantitative estimate of drug-likeness (QED) is 0.771. The van der Waals surface area contributed by atoms with Crippen molar-refractivity contribution in [3.63, 3.8) is 0 Å². The number of carbonyl (C=O) groups excluding carboxylic acids is 1. The lowest BCUT2D eigenvalue weighted by Crippen LogP contribution is -2.28. The van der Waals surface area contributed by atoms with Crippen LogP contribution in [-0.2, 0) is 16.1 Å². The topological polar surface area (TPSA) is 93.4 Å². The van der Waals surface area contributed by atoms with Crippen LogP contribution in [0.25, 0.3) is 0 Å². The molecule has 1 saturated heterocycles. The van der Waals surface area contributed by atoms with E-state index in [2.05, 4.69) is 27.1 Å². The minimum absolute atomic E-state index is 0.0992. The zero-order valence-corrected chi connectivity index (χ0v) is 12.6. The van der Waals surface area contributed by atoms with Crippen LogP contribution in [0.2, 0.25) is 0 Å². The maximum Gasteiger partial charge on any atom is 0.222 e. The van der Waals surface area contributed by atoms with Crippen LogP contribution < -0.4 is 16.0 Å². The van der Waals surface area contributed by atoms with Gasteiger partial charge < -0.3 is 20.7 Å². The summed E-state index contributed by atoms with van der Waals surface area (Å²) in [5.41, 5.74) is 5.38. The summed E-state index contributed by atoms with van der Waals surface area (Å²) in [6.45, 7) is 4.72. The van der Waals surface area contributed by atoms with Crippen molar-refractivity contribution in [3.05, 3.63) is 11.9 Å². The van der Waals surface area contributed by atoms with Crippen LogP contribution in [0.3, 0.4) is 0 Å². The van der Waals surface area contributed by atoms with E-state index in [1.807, 2.05) is 6.07 Å². The summed E-state index contributed by atoms with van der Waals surface area (Å²) in [5, 5.41) is 3.27. The summed E-state index contributed by atoms with van der Waals surface area (Å²) in [4.78, 5) is 22.3. The summed E-state index contributed by atoms with van der Waals surface area (Å²) in [7, 11) is 1.62. The van der Waals surface area contributed by atoms with Crippen molar-refractivity contribution in [2.24, 2.45) is 11.7 Å². The molecule has 1 atom stereocenters. The fraction of sp³-hybridized carbons (Fsp3) is 0.643. The fourth-order valence-corrected chi connectivity index (χ4v) is 2.38. The molecule has 1 aliphatic heterocycles. The van der Waals surface area contributed by atoms with E-state index in [0.717, 1.165) is 37.6 Å². The van der Waals surface area contributed by atoms with Gasteiger partial charge in [0.25, 0.3) is 0 Å². The molecular weight excluding hydrogens is 270 g/mol. The van der Waals surface area contributed by atoms with Crippen LogP contribution in [0.1, 0.15) is 25.6 Å². The Hall–Kier alpha value is -1.89. The Morgan fingerprint density at radius 3 is 3.00 bits per heavy atom. The molecule has 0 aromatic carbocycles. The SMILES string of the molecule is CCCNc1cc(N2CCC(C(N)=O)C2)nc(COC)n1. The van der Waals surface area contributed by atoms with Crippen molar-refractivity contribution >= 4 is 17.5 Å². The summed E-state index contributed by atoms with van der Waals surface area (Å²) < 4.78 is 5.12. The molecule has 1 fully saturated rings. The summed E-state index contributed by atoms with van der Waals surface area (Å²) in [5.74, 6) is 1.90. The molecule has 7 heteroatoms. The highest BCUT2D eigenvalue weighted by Gasteiger charge is 2.27. The molecule has 0 spiro atoms. The van der Waals surface area contributed by atoms with Gasteiger partial charge in [-0.1, -0.05) is 6.92 Å². The zero-order chi connectivity index (χ0) is 15.2. The first-order valence-corrected chi connectivity index (χ1v) is 7.29. The molecule has 1 aromatic heterocycles. The maximum atomic E-state index is 11.3. The maximum absolute atomic E-state index is 11.3. The minimum atomic E-state index is -0.243. The molecular formula is C14H23N5O2. The van der Waals surface area contributed by atoms with Gasteiger partial charge in [-0.05, 0) is 12.8 Å². The van der Waals surface area contributed by atoms with Gasteiger partial charge in [0.1, 0.15) is 18.2 Å². The molecule has 0 saturated carbocycles. The molecule has 2 rings (SSSR count). The van der Waals surface area contributed by atoms with E-state index < -0.39 is 0 Å². The number of methoxy groups -OCH3 is 1. The predicted octanol–water partition coefficient (Wildman–Crippen LogP) is 0.756. The van der Waals surface area contributed by atoms with Gasteiger partial charge in [0.05, 0.1) is 5.92 Å². The normalized spacial score (nSPS) is 18.0. The molecule has 1 aliphatic rings. The second-order valence-electron chi connectivity index (χ2n) is 5.22. The molecule has 0 bridgehead atoms. The Labute approximate surface area is 124 Å². The minimum Gasteiger partial charge on any atom is -0.377 e. The van der Waals surface area contributed by atoms with Gasteiger partial charge in [0.15, 0.2) is 5.82 Å². The first-order valence-electron chi connectivity index (χ1n) is 7.29. The average Bonchev–Trinajstić information content (AvgIpc) is 2.95. The fourth-order valence-electron chi connectivity index (χ4n) is 2.38. The Morgan fingerprint density at radius 2 is 2.38 bits per heavy atom. The van der Waals surface area contributed by atoms with Crippen molar-refractivity contribution in [2.75, 3.05) is 37.0 Å². The number of rotatable bonds is 7. The molecule has 2 heterocycles. The highest BCUT2D eigenvalue weighted by molar-refractivity contribution is 5.78. The zero-order valence-electron chi connectivity index (χ0n) is 12.6. The average molecular weight is 293 g/mol. The van der Waals surface area contributed by atoms with E-state index in [0.29, 0.717) is 19.0 Å². The number of hydrogen-bond acceptors (Lipinski definition) is 6. The van der Waals surface area contributed by atoms with E-state index >= 15 is 0 Å². The third kappa shape index (κ3) is 4.04. The van der Waals surface area contributed by atoms with E-state index in [4.69, 9.17) is 10.5 Å². The molecule has 3 N–H and O–H groups in total. The van der Waals surface area contributed by atoms with Crippen LogP contribution in [-0.4, -0.2) is 42.6 Å². The lowest BCUT2D eigenvalue weighted by atomic mass is 10.1. The van der Waals surface area contributed by atoms with Gasteiger partial charge in [0, 0.05) is 32.8 Å². The third-order valence-electron chi connectivity index (χ3n) is 3.50. The van der Waals surface area contributed by atoms with Crippen LogP contribution in [0.5, 0.6) is 0 Å². The number of carbonyl (C=O) groups is 1. The van der Waals surface area contributed by atoms with Crippen molar-refractivity contribution in [1.82, 2.24) is 9.97 Å². The number of hydrogen-bond donors (Lipinski definition) is 2. The summed E-state index contributed by atoms with van der Waals surface area (Å²) >= 11 is 0. The number of ether oxygens (including phenoxy) is 1. The second kappa shape index (κ2) is 7.21. The van der Waals surface area contributed by atoms with Gasteiger partial charge in [-0.3, -0.25) is 4.79 Å². The molecule has 21 heavy (non-hydrogen) atoms. The lowest BCUT2D eigenvalue weighted by Gasteiger charge is -2.19. The summed E-state index contributed by atoms with van der Waals surface area (Å²) in [6, 6.07) is 1.91. The molecule has 116 valence electrons. The van der Waals surface area contributed by atoms with E-state index in [1.165, 1.54) is 0 Å². The van der Waals surface area contributed by atoms with Crippen LogP contribution in [0.4, 0.5) is 11.6 Å². The molecule has 0 aliphatic carbocycles. The lowest BCUT2D eigenvalue weighted by molar-refractivity contribution is -0.121. The predicted molar refractivity (Wildman–Crippen MR) is 81.0 cm³/mol. The second-order valence-corrected chi connectivity index (χ2v) is 5.22. The molecule has 0 radical (unpaired) electrons. The number of nitrogens with two attached hydrogens (primary N) is 1. The monoisotopic (exact) mass is 293 g/mol. The van der Waals surface area contributed by atoms with Crippen molar-refractivity contribution < 1.29 is 9.53 Å². The van der Waals surface area contributed by atoms with Crippen LogP contribution >= 0.6 is 0 Å². The number of anilines is 2. The first-order chi connectivity index (χ1) is 10.1. The van der Waals surface area contributed by atoms with Gasteiger partial charge in [-0.15, -0.1) is 0 Å². The number of primary amides is 1. The number of nitrogens with one attached hydrogen (secondary N) is 1. The number of aromatic nitrogens is 2. The first kappa shape index (κ1) is 15.5. The summed E-state index contributed by atoms with van der Waals surface area (Å²) in [6.07, 6.45) is 1.79. The third-order valence-corrected chi connectivity index (χ3v) is 3.50. The van der Waals surface area contributed by atoms with E-state index in [-0.39, 0.29) is 11.8 Å². The van der Waals surface area contributed by atoms with Gasteiger partial charge >= 0.3 is 0 Å². The largest absolute Gasteiger partial charge is 0.377 e. The van der Waals surface area contributed by atoms with Gasteiger partial charge in [0.2, 0.25) is 5.91 Å². The highest BCUT2D eigenvalue weighted by atomic mass is 16.5. The number of amides is 1. The van der Waals surface area contributed by atoms with Crippen molar-refractivity contribution in [2.45, 2.75) is 26.4 Å². The standard InChI is InChI=1S/C14H23N5O2/c1-3-5-16-11-7-13(18-12(17-11)9-21-2)19-6-4-10(8-19)14(15)20/h7,10H,3-6,8-9H2,1-2H3,(H2,15,20)(H,16,17,18). The molecule has 1 unspecified atom stereocenters. The van der Waals surface area contributed by atoms with Gasteiger partial charge in [-0.2, -0.15) is 0 Å². The smallest absolute Gasteiger partial charge is 0.222 e. The van der Waals surface area contributed by atoms with Crippen LogP contribution in [0.15, 0.2) is 6.07 Å². The highest BCUT2D eigenvalue weighted by Crippen LogP contribution is 2.24. The molecule has 7 nitrogen and oxygen atoms in total. The Kier molecular flexibility index (Phi) is 5.32. The van der Waals surface area contributed by atoms with Crippen LogP contribution in [0, 0.1) is 5.92 Å². The Bertz CT molecular complexity index is 494. The van der Waals surface area contributed by atoms with Crippen molar-refractivity contribution in [3.8, 4) is 0 Å². The Balaban J connectivity index is 2.17. The number of nitrogens with zero attached hydrogens (tertiary/aromatic N) is 3. The molecule has 1 aromatic rings. The molecule has 1 amide bonds. The van der Waals surface area contributed by atoms with E-state index in [9.17, 15) is 4.79 Å². The van der Waals surface area contributed by atoms with E-state index in [1.54, 1.807) is 7.11 Å². The van der Waals surface area contributed by atoms with Crippen molar-refractivity contribution in [1.29, 1.82) is 0 Å². The van der Waals surface area contributed by atoms with Gasteiger partial charge in [-0.25, -0.2) is 9.97 Å².